The van der Waals surface area contributed by atoms with Crippen LogP contribution in [0.15, 0.2) is 0 Å². The number of hydrogen-bond donors (Lipinski definition) is 0. The zero-order valence-electron chi connectivity index (χ0n) is 19.5. The molecule has 0 aromatic heterocycles. The second kappa shape index (κ2) is 18.3. The Morgan fingerprint density at radius 2 is 0.815 bits per heavy atom. The fraction of sp³-hybridized carbons (Fsp3) is 1.00. The van der Waals surface area contributed by atoms with Crippen LogP contribution in [0.3, 0.4) is 0 Å². The molecule has 0 saturated carbocycles. The van der Waals surface area contributed by atoms with Gasteiger partial charge in [-0.3, -0.25) is 0 Å². The molecule has 0 bridgehead atoms. The van der Waals surface area contributed by atoms with Crippen LogP contribution in [0.5, 0.6) is 0 Å². The molecule has 0 rings (SSSR count). The minimum atomic E-state index is -3.07. The van der Waals surface area contributed by atoms with Gasteiger partial charge in [0.2, 0.25) is 0 Å². The molecule has 0 amide bonds. The maximum atomic E-state index is 7.38. The van der Waals surface area contributed by atoms with Gasteiger partial charge in [0.1, 0.15) is 0 Å². The predicted molar refractivity (Wildman–Crippen MR) is 124 cm³/mol. The summed E-state index contributed by atoms with van der Waals surface area (Å²) in [7, 11) is 0. The Labute approximate surface area is 181 Å². The quantitative estimate of drug-likeness (QED) is 0.105. The van der Waals surface area contributed by atoms with E-state index in [-0.39, 0.29) is 0 Å². The molecule has 0 spiro atoms. The van der Waals surface area contributed by atoms with Crippen molar-refractivity contribution in [2.24, 2.45) is 0 Å². The molecule has 0 aromatic rings. The summed E-state index contributed by atoms with van der Waals surface area (Å²) in [6.07, 6.45) is 12.1. The van der Waals surface area contributed by atoms with E-state index in [2.05, 4.69) is 41.5 Å². The molecule has 0 N–H and O–H groups in total. The molecule has 3 nitrogen and oxygen atoms in total. The summed E-state index contributed by atoms with van der Waals surface area (Å²) >= 11 is -6.15. The van der Waals surface area contributed by atoms with E-state index < -0.39 is 38.4 Å². The van der Waals surface area contributed by atoms with Gasteiger partial charge in [-0.1, -0.05) is 0 Å². The molecular formula is C22H50O3Sn2. The van der Waals surface area contributed by atoms with Gasteiger partial charge in [0.25, 0.3) is 0 Å². The minimum absolute atomic E-state index is 0.910. The molecular weight excluding hydrogens is 550 g/mol. The van der Waals surface area contributed by atoms with E-state index in [1.165, 1.54) is 82.0 Å². The second-order valence-electron chi connectivity index (χ2n) is 8.03. The molecule has 0 aliphatic heterocycles. The first-order valence-electron chi connectivity index (χ1n) is 12.1. The summed E-state index contributed by atoms with van der Waals surface area (Å²) in [5.41, 5.74) is 0. The molecule has 0 aromatic carbocycles. The molecule has 27 heavy (non-hydrogen) atoms. The first-order valence-corrected chi connectivity index (χ1v) is 24.8. The Morgan fingerprint density at radius 3 is 1.11 bits per heavy atom. The average molecular weight is 600 g/mol. The third kappa shape index (κ3) is 12.7. The Morgan fingerprint density at radius 1 is 0.444 bits per heavy atom. The van der Waals surface area contributed by atoms with E-state index >= 15 is 0 Å². The summed E-state index contributed by atoms with van der Waals surface area (Å²) in [5, 5.41) is 0. The van der Waals surface area contributed by atoms with E-state index in [9.17, 15) is 0 Å². The van der Waals surface area contributed by atoms with E-state index in [1.54, 1.807) is 0 Å². The predicted octanol–water partition coefficient (Wildman–Crippen LogP) is 7.94. The van der Waals surface area contributed by atoms with E-state index in [0.717, 1.165) is 13.2 Å². The van der Waals surface area contributed by atoms with Crippen molar-refractivity contribution in [1.29, 1.82) is 0 Å². The van der Waals surface area contributed by atoms with Gasteiger partial charge in [-0.15, -0.1) is 0 Å². The van der Waals surface area contributed by atoms with Gasteiger partial charge >= 0.3 is 183 Å². The zero-order valence-corrected chi connectivity index (χ0v) is 25.2. The Bertz CT molecular complexity index is 301. The molecule has 2 atom stereocenters. The first kappa shape index (κ1) is 28.5. The molecule has 0 radical (unpaired) electrons. The molecule has 0 aliphatic carbocycles. The van der Waals surface area contributed by atoms with Crippen molar-refractivity contribution in [2.45, 2.75) is 123 Å². The normalized spacial score (nSPS) is 16.2. The Balaban J connectivity index is 5.55. The third-order valence-corrected chi connectivity index (χ3v) is 39.3. The zero-order chi connectivity index (χ0) is 20.4. The van der Waals surface area contributed by atoms with Crippen LogP contribution in [-0.2, 0) is 7.56 Å². The van der Waals surface area contributed by atoms with Gasteiger partial charge in [-0.25, -0.2) is 0 Å². The standard InChI is InChI=1S/2C4H9O.2C4H9.2C3H7.O.2Sn/c2*1-2-3-4-5;2*1-3-4-2;2*1-3-2;;;/h2*2-4H2,1H3;2*1,3-4H2,2H3;2*1,3H2,2H3;;;/q2*-1;;;;;;2*+1. The Hall–Kier alpha value is 1.48. The topological polar surface area (TPSA) is 27.7 Å². The fourth-order valence-corrected chi connectivity index (χ4v) is 45.6. The molecule has 0 saturated heterocycles. The number of hydrogen-bond acceptors (Lipinski definition) is 3. The Kier molecular flexibility index (Phi) is 19.3. The third-order valence-electron chi connectivity index (χ3n) is 5.18. The molecule has 5 heteroatoms. The van der Waals surface area contributed by atoms with E-state index in [0.29, 0.717) is 0 Å². The van der Waals surface area contributed by atoms with Crippen molar-refractivity contribution in [3.63, 3.8) is 0 Å². The van der Waals surface area contributed by atoms with Crippen LogP contribution in [0.2, 0.25) is 17.7 Å². The number of rotatable bonds is 20. The number of unbranched alkanes of at least 4 members (excludes halogenated alkanes) is 4. The van der Waals surface area contributed by atoms with Crippen molar-refractivity contribution in [3.8, 4) is 0 Å². The van der Waals surface area contributed by atoms with Gasteiger partial charge in [-0.05, 0) is 0 Å². The summed E-state index contributed by atoms with van der Waals surface area (Å²) in [6, 6.07) is 0. The average Bonchev–Trinajstić information content (AvgIpc) is 2.65. The summed E-state index contributed by atoms with van der Waals surface area (Å²) in [6.45, 7) is 15.5. The summed E-state index contributed by atoms with van der Waals surface area (Å²) < 4.78 is 25.8. The molecule has 164 valence electrons. The van der Waals surface area contributed by atoms with Crippen LogP contribution in [-0.4, -0.2) is 51.6 Å². The SMILES string of the molecule is CCCC[O][Sn]([CH2]CC)([CH2]CCC)[O][Sn]([CH2]CC)([CH2]CCC)[O]CCCC. The molecule has 0 aliphatic rings. The van der Waals surface area contributed by atoms with Gasteiger partial charge in [0.15, 0.2) is 0 Å². The van der Waals surface area contributed by atoms with Gasteiger partial charge in [0, 0.05) is 0 Å². The van der Waals surface area contributed by atoms with Crippen LogP contribution >= 0.6 is 0 Å². The summed E-state index contributed by atoms with van der Waals surface area (Å²) in [4.78, 5) is 0. The van der Waals surface area contributed by atoms with Crippen molar-refractivity contribution in [1.82, 2.24) is 0 Å². The van der Waals surface area contributed by atoms with Gasteiger partial charge in [0.05, 0.1) is 0 Å². The second-order valence-corrected chi connectivity index (χ2v) is 30.3. The van der Waals surface area contributed by atoms with Gasteiger partial charge < -0.3 is 0 Å². The molecule has 0 fully saturated rings. The van der Waals surface area contributed by atoms with Crippen molar-refractivity contribution >= 4 is 38.4 Å². The van der Waals surface area contributed by atoms with Crippen molar-refractivity contribution in [2.75, 3.05) is 13.2 Å². The van der Waals surface area contributed by atoms with Crippen LogP contribution in [0.25, 0.3) is 0 Å². The van der Waals surface area contributed by atoms with Crippen LogP contribution < -0.4 is 0 Å². The molecule has 0 heterocycles. The van der Waals surface area contributed by atoms with Crippen molar-refractivity contribution < 1.29 is 7.56 Å². The maximum absolute atomic E-state index is 7.38. The first-order chi connectivity index (χ1) is 13.1. The van der Waals surface area contributed by atoms with Crippen LogP contribution in [0.4, 0.5) is 0 Å². The summed E-state index contributed by atoms with van der Waals surface area (Å²) in [5.74, 6) is 0. The van der Waals surface area contributed by atoms with Crippen LogP contribution in [0, 0.1) is 0 Å². The fourth-order valence-electron chi connectivity index (χ4n) is 3.60. The van der Waals surface area contributed by atoms with Gasteiger partial charge in [-0.2, -0.15) is 0 Å². The van der Waals surface area contributed by atoms with E-state index in [4.69, 9.17) is 7.56 Å². The monoisotopic (exact) mass is 602 g/mol. The van der Waals surface area contributed by atoms with Crippen LogP contribution in [0.1, 0.15) is 106 Å². The molecule has 2 unspecified atom stereocenters. The van der Waals surface area contributed by atoms with Crippen molar-refractivity contribution in [3.05, 3.63) is 0 Å². The van der Waals surface area contributed by atoms with E-state index in [1.807, 2.05) is 0 Å².